The smallest absolute Gasteiger partial charge is 0.226 e. The summed E-state index contributed by atoms with van der Waals surface area (Å²) in [6.07, 6.45) is 2.47. The van der Waals surface area contributed by atoms with Gasteiger partial charge < -0.3 is 5.32 Å². The number of anilines is 1. The van der Waals surface area contributed by atoms with Gasteiger partial charge in [0.1, 0.15) is 0 Å². The molecule has 0 aliphatic carbocycles. The van der Waals surface area contributed by atoms with Gasteiger partial charge in [0.05, 0.1) is 4.88 Å². The third-order valence-corrected chi connectivity index (χ3v) is 3.67. The summed E-state index contributed by atoms with van der Waals surface area (Å²) in [5.41, 5.74) is 0. The highest BCUT2D eigenvalue weighted by molar-refractivity contribution is 7.14. The van der Waals surface area contributed by atoms with Gasteiger partial charge >= 0.3 is 0 Å². The predicted molar refractivity (Wildman–Crippen MR) is 71.4 cm³/mol. The van der Waals surface area contributed by atoms with Gasteiger partial charge in [-0.05, 0) is 17.9 Å². The number of hydrogen-bond donors (Lipinski definition) is 1. The number of unbranched alkanes of at least 4 members (excludes halogenated alkanes) is 1. The van der Waals surface area contributed by atoms with Gasteiger partial charge in [0.2, 0.25) is 11.0 Å². The van der Waals surface area contributed by atoms with Crippen molar-refractivity contribution in [2.75, 3.05) is 5.32 Å². The van der Waals surface area contributed by atoms with Crippen LogP contribution in [-0.2, 0) is 4.79 Å². The monoisotopic (exact) mass is 267 g/mol. The lowest BCUT2D eigenvalue weighted by atomic mass is 10.2. The molecule has 0 fully saturated rings. The van der Waals surface area contributed by atoms with E-state index in [2.05, 4.69) is 21.6 Å². The topological polar surface area (TPSA) is 54.9 Å². The van der Waals surface area contributed by atoms with Crippen LogP contribution in [0.1, 0.15) is 26.2 Å². The molecular weight excluding hydrogens is 254 g/mol. The Hall–Kier alpha value is -1.27. The van der Waals surface area contributed by atoms with Crippen LogP contribution in [0.25, 0.3) is 10.7 Å². The summed E-state index contributed by atoms with van der Waals surface area (Å²) in [6.45, 7) is 2.06. The van der Waals surface area contributed by atoms with E-state index in [1.807, 2.05) is 17.5 Å². The summed E-state index contributed by atoms with van der Waals surface area (Å²) < 4.78 is 4.22. The van der Waals surface area contributed by atoms with E-state index in [-0.39, 0.29) is 5.91 Å². The van der Waals surface area contributed by atoms with E-state index in [4.69, 9.17) is 0 Å². The average Bonchev–Trinajstić information content (AvgIpc) is 2.95. The van der Waals surface area contributed by atoms with Crippen molar-refractivity contribution in [3.05, 3.63) is 17.5 Å². The standard InChI is InChI=1S/C11H13N3OS2/c1-2-3-6-9(15)12-11-13-10(14-17-11)8-5-4-7-16-8/h4-5,7H,2-3,6H2,1H3,(H,12,13,14,15). The van der Waals surface area contributed by atoms with Crippen molar-refractivity contribution in [1.29, 1.82) is 0 Å². The minimum Gasteiger partial charge on any atom is -0.301 e. The fourth-order valence-corrected chi connectivity index (χ4v) is 2.61. The van der Waals surface area contributed by atoms with Crippen LogP contribution in [0.15, 0.2) is 17.5 Å². The summed E-state index contributed by atoms with van der Waals surface area (Å²) >= 11 is 2.81. The molecule has 0 aliphatic heterocycles. The van der Waals surface area contributed by atoms with Crippen LogP contribution >= 0.6 is 22.9 Å². The first-order valence-electron chi connectivity index (χ1n) is 5.47. The van der Waals surface area contributed by atoms with E-state index in [1.165, 1.54) is 11.5 Å². The molecule has 0 unspecified atom stereocenters. The number of rotatable bonds is 5. The summed E-state index contributed by atoms with van der Waals surface area (Å²) in [5.74, 6) is 0.705. The summed E-state index contributed by atoms with van der Waals surface area (Å²) in [7, 11) is 0. The lowest BCUT2D eigenvalue weighted by Crippen LogP contribution is -2.10. The van der Waals surface area contributed by atoms with Crippen molar-refractivity contribution >= 4 is 33.9 Å². The molecule has 0 atom stereocenters. The summed E-state index contributed by atoms with van der Waals surface area (Å²) in [4.78, 5) is 16.8. The largest absolute Gasteiger partial charge is 0.301 e. The first-order chi connectivity index (χ1) is 8.29. The molecule has 6 heteroatoms. The van der Waals surface area contributed by atoms with Gasteiger partial charge in [-0.3, -0.25) is 4.79 Å². The molecule has 1 amide bonds. The number of hydrogen-bond acceptors (Lipinski definition) is 5. The van der Waals surface area contributed by atoms with Gasteiger partial charge in [0.25, 0.3) is 0 Å². The fourth-order valence-electron chi connectivity index (χ4n) is 1.30. The number of aromatic nitrogens is 2. The molecule has 2 heterocycles. The molecule has 0 bridgehead atoms. The van der Waals surface area contributed by atoms with Gasteiger partial charge in [-0.1, -0.05) is 19.4 Å². The van der Waals surface area contributed by atoms with Crippen LogP contribution in [0.3, 0.4) is 0 Å². The highest BCUT2D eigenvalue weighted by Gasteiger charge is 2.09. The second-order valence-electron chi connectivity index (χ2n) is 3.55. The van der Waals surface area contributed by atoms with Crippen LogP contribution in [0.2, 0.25) is 0 Å². The minimum atomic E-state index is 0.0146. The molecule has 17 heavy (non-hydrogen) atoms. The molecule has 90 valence electrons. The lowest BCUT2D eigenvalue weighted by molar-refractivity contribution is -0.116. The SMILES string of the molecule is CCCCC(=O)Nc1nc(-c2cccs2)ns1. The van der Waals surface area contributed by atoms with Crippen molar-refractivity contribution in [2.45, 2.75) is 26.2 Å². The molecule has 2 rings (SSSR count). The van der Waals surface area contributed by atoms with Crippen LogP contribution in [0.5, 0.6) is 0 Å². The zero-order chi connectivity index (χ0) is 12.1. The molecule has 2 aromatic heterocycles. The van der Waals surface area contributed by atoms with E-state index >= 15 is 0 Å². The molecule has 0 aromatic carbocycles. The van der Waals surface area contributed by atoms with E-state index in [1.54, 1.807) is 11.3 Å². The maximum atomic E-state index is 11.5. The number of nitrogens with zero attached hydrogens (tertiary/aromatic N) is 2. The zero-order valence-electron chi connectivity index (χ0n) is 9.47. The molecule has 0 radical (unpaired) electrons. The lowest BCUT2D eigenvalue weighted by Gasteiger charge is -1.98. The van der Waals surface area contributed by atoms with Crippen LogP contribution in [0, 0.1) is 0 Å². The van der Waals surface area contributed by atoms with Crippen LogP contribution < -0.4 is 5.32 Å². The molecule has 4 nitrogen and oxygen atoms in total. The van der Waals surface area contributed by atoms with Crippen LogP contribution in [0.4, 0.5) is 5.13 Å². The maximum Gasteiger partial charge on any atom is 0.226 e. The van der Waals surface area contributed by atoms with Gasteiger partial charge in [-0.15, -0.1) is 11.3 Å². The van der Waals surface area contributed by atoms with Crippen molar-refractivity contribution < 1.29 is 4.79 Å². The molecule has 1 N–H and O–H groups in total. The van der Waals surface area contributed by atoms with E-state index in [0.29, 0.717) is 17.4 Å². The van der Waals surface area contributed by atoms with Crippen LogP contribution in [-0.4, -0.2) is 15.3 Å². The average molecular weight is 267 g/mol. The molecule has 0 saturated carbocycles. The quantitative estimate of drug-likeness (QED) is 0.903. The molecule has 0 saturated heterocycles. The molecular formula is C11H13N3OS2. The predicted octanol–water partition coefficient (Wildman–Crippen LogP) is 3.40. The Morgan fingerprint density at radius 2 is 2.41 bits per heavy atom. The Morgan fingerprint density at radius 1 is 1.53 bits per heavy atom. The number of nitrogens with one attached hydrogen (secondary N) is 1. The highest BCUT2D eigenvalue weighted by atomic mass is 32.1. The van der Waals surface area contributed by atoms with Gasteiger partial charge in [-0.25, -0.2) is 0 Å². The molecule has 0 spiro atoms. The van der Waals surface area contributed by atoms with E-state index < -0.39 is 0 Å². The van der Waals surface area contributed by atoms with E-state index in [0.717, 1.165) is 17.7 Å². The Balaban J connectivity index is 1.97. The van der Waals surface area contributed by atoms with Crippen molar-refractivity contribution in [2.24, 2.45) is 0 Å². The number of carbonyl (C=O) groups is 1. The highest BCUT2D eigenvalue weighted by Crippen LogP contribution is 2.25. The van der Waals surface area contributed by atoms with Gasteiger partial charge in [-0.2, -0.15) is 9.36 Å². The Bertz CT molecular complexity index is 479. The van der Waals surface area contributed by atoms with Gasteiger partial charge in [0, 0.05) is 18.0 Å². The normalized spacial score (nSPS) is 10.4. The zero-order valence-corrected chi connectivity index (χ0v) is 11.1. The number of carbonyl (C=O) groups excluding carboxylic acids is 1. The fraction of sp³-hybridized carbons (Fsp3) is 0.364. The van der Waals surface area contributed by atoms with Crippen molar-refractivity contribution in [3.8, 4) is 10.7 Å². The first kappa shape index (κ1) is 12.2. The van der Waals surface area contributed by atoms with Crippen molar-refractivity contribution in [1.82, 2.24) is 9.36 Å². The maximum absolute atomic E-state index is 11.5. The Labute approximate surface area is 108 Å². The summed E-state index contributed by atoms with van der Waals surface area (Å²) in [6, 6.07) is 3.93. The Morgan fingerprint density at radius 3 is 3.12 bits per heavy atom. The Kier molecular flexibility index (Phi) is 4.22. The van der Waals surface area contributed by atoms with Gasteiger partial charge in [0.15, 0.2) is 5.82 Å². The van der Waals surface area contributed by atoms with E-state index in [9.17, 15) is 4.79 Å². The first-order valence-corrected chi connectivity index (χ1v) is 7.12. The second-order valence-corrected chi connectivity index (χ2v) is 5.25. The second kappa shape index (κ2) is 5.88. The third-order valence-electron chi connectivity index (χ3n) is 2.17. The third kappa shape index (κ3) is 3.34. The minimum absolute atomic E-state index is 0.0146. The summed E-state index contributed by atoms with van der Waals surface area (Å²) in [5, 5.41) is 5.33. The number of amides is 1. The molecule has 2 aromatic rings. The number of thiophene rings is 1. The van der Waals surface area contributed by atoms with Crippen molar-refractivity contribution in [3.63, 3.8) is 0 Å². The molecule has 0 aliphatic rings.